The van der Waals surface area contributed by atoms with Crippen LogP contribution < -0.4 is 0 Å². The number of aromatic nitrogens is 1. The predicted octanol–water partition coefficient (Wildman–Crippen LogP) is 3.25. The Labute approximate surface area is 136 Å². The molecule has 5 fully saturated rings. The van der Waals surface area contributed by atoms with Gasteiger partial charge in [-0.2, -0.15) is 0 Å². The Hall–Kier alpha value is -1.65. The zero-order chi connectivity index (χ0) is 15.6. The molecule has 5 aliphatic heterocycles. The molecule has 23 heavy (non-hydrogen) atoms. The fourth-order valence-corrected chi connectivity index (χ4v) is 5.13. The second kappa shape index (κ2) is 4.68. The maximum Gasteiger partial charge on any atom is 0.116 e. The van der Waals surface area contributed by atoms with E-state index in [2.05, 4.69) is 22.9 Å². The molecule has 1 N–H and O–H groups in total. The molecule has 0 aliphatic carbocycles. The molecule has 5 aliphatic rings. The van der Waals surface area contributed by atoms with Crippen molar-refractivity contribution in [3.63, 3.8) is 0 Å². The summed E-state index contributed by atoms with van der Waals surface area (Å²) in [6.07, 6.45) is 5.54. The number of nitrogens with zero attached hydrogens (tertiary/aromatic N) is 2. The SMILES string of the molecule is CC[C@]12CN3CC[C@@H]1CC3C(c1ccnc3ccc(O)cc13)O2. The van der Waals surface area contributed by atoms with Crippen LogP contribution in [-0.2, 0) is 4.74 Å². The van der Waals surface area contributed by atoms with Gasteiger partial charge in [-0.05, 0) is 61.6 Å². The van der Waals surface area contributed by atoms with Crippen molar-refractivity contribution in [2.45, 2.75) is 43.9 Å². The summed E-state index contributed by atoms with van der Waals surface area (Å²) < 4.78 is 6.74. The predicted molar refractivity (Wildman–Crippen MR) is 88.3 cm³/mol. The van der Waals surface area contributed by atoms with E-state index in [1.165, 1.54) is 24.9 Å². The van der Waals surface area contributed by atoms with Crippen LogP contribution in [-0.4, -0.2) is 39.7 Å². The first kappa shape index (κ1) is 13.8. The van der Waals surface area contributed by atoms with Crippen molar-refractivity contribution in [2.75, 3.05) is 13.1 Å². The lowest BCUT2D eigenvalue weighted by molar-refractivity contribution is -0.274. The number of phenolic OH excluding ortho intramolecular Hbond substituents is 1. The van der Waals surface area contributed by atoms with Crippen molar-refractivity contribution in [3.05, 3.63) is 36.0 Å². The van der Waals surface area contributed by atoms with Gasteiger partial charge in [-0.3, -0.25) is 9.88 Å². The van der Waals surface area contributed by atoms with E-state index in [1.807, 2.05) is 18.3 Å². The van der Waals surface area contributed by atoms with E-state index >= 15 is 0 Å². The highest BCUT2D eigenvalue weighted by Crippen LogP contribution is 2.54. The third-order valence-corrected chi connectivity index (χ3v) is 6.35. The average molecular weight is 310 g/mol. The van der Waals surface area contributed by atoms with E-state index in [4.69, 9.17) is 4.74 Å². The zero-order valence-corrected chi connectivity index (χ0v) is 13.4. The van der Waals surface area contributed by atoms with E-state index < -0.39 is 0 Å². The molecule has 2 aromatic rings. The normalized spacial score (nSPS) is 38.3. The van der Waals surface area contributed by atoms with Gasteiger partial charge >= 0.3 is 0 Å². The van der Waals surface area contributed by atoms with Crippen molar-refractivity contribution in [1.29, 1.82) is 0 Å². The summed E-state index contributed by atoms with van der Waals surface area (Å²) in [4.78, 5) is 7.08. The fourth-order valence-electron chi connectivity index (χ4n) is 5.13. The lowest BCUT2D eigenvalue weighted by Crippen LogP contribution is -2.70. The Morgan fingerprint density at radius 1 is 1.39 bits per heavy atom. The van der Waals surface area contributed by atoms with E-state index in [-0.39, 0.29) is 11.7 Å². The molecule has 0 saturated carbocycles. The Morgan fingerprint density at radius 3 is 3.09 bits per heavy atom. The number of rotatable bonds is 2. The number of fused-ring (bicyclic) bond motifs is 3. The first-order chi connectivity index (χ1) is 11.2. The average Bonchev–Trinajstić information content (AvgIpc) is 2.61. The van der Waals surface area contributed by atoms with Crippen LogP contribution in [0, 0.1) is 5.92 Å². The fraction of sp³-hybridized carbons (Fsp3) is 0.526. The van der Waals surface area contributed by atoms with Crippen LogP contribution in [0.2, 0.25) is 0 Å². The number of hydrogen-bond acceptors (Lipinski definition) is 4. The van der Waals surface area contributed by atoms with Crippen LogP contribution in [0.4, 0.5) is 0 Å². The smallest absolute Gasteiger partial charge is 0.116 e. The topological polar surface area (TPSA) is 45.6 Å². The number of morpholine rings is 1. The second-order valence-electron chi connectivity index (χ2n) is 7.32. The standard InChI is InChI=1S/C19H22N2O2/c1-2-19-11-21-8-6-12(19)9-17(21)18(23-19)14-5-7-20-16-4-3-13(22)10-15(14)16/h3-5,7,10,12,17-18,22H,2,6,8-9,11H2,1H3/t12-,17?,18?,19+/m1/s1. The summed E-state index contributed by atoms with van der Waals surface area (Å²) in [6.45, 7) is 4.55. The highest BCUT2D eigenvalue weighted by molar-refractivity contribution is 5.83. The van der Waals surface area contributed by atoms with Crippen molar-refractivity contribution >= 4 is 10.9 Å². The van der Waals surface area contributed by atoms with E-state index in [0.29, 0.717) is 17.7 Å². The van der Waals surface area contributed by atoms with Gasteiger partial charge in [-0.15, -0.1) is 0 Å². The molecule has 4 bridgehead atoms. The highest BCUT2D eigenvalue weighted by atomic mass is 16.5. The van der Waals surface area contributed by atoms with Crippen LogP contribution in [0.3, 0.4) is 0 Å². The summed E-state index contributed by atoms with van der Waals surface area (Å²) in [5, 5.41) is 10.9. The maximum atomic E-state index is 9.91. The molecule has 1 aromatic heterocycles. The molecule has 4 heteroatoms. The Bertz CT molecular complexity index is 777. The monoisotopic (exact) mass is 310 g/mol. The number of hydrogen-bond donors (Lipinski definition) is 1. The quantitative estimate of drug-likeness (QED) is 0.925. The first-order valence-electron chi connectivity index (χ1n) is 8.70. The Balaban J connectivity index is 1.64. The molecule has 3 unspecified atom stereocenters. The maximum absolute atomic E-state index is 9.91. The molecule has 0 radical (unpaired) electrons. The molecule has 1 aromatic carbocycles. The highest BCUT2D eigenvalue weighted by Gasteiger charge is 2.58. The summed E-state index contributed by atoms with van der Waals surface area (Å²) >= 11 is 0. The second-order valence-corrected chi connectivity index (χ2v) is 7.32. The minimum Gasteiger partial charge on any atom is -0.508 e. The van der Waals surface area contributed by atoms with Crippen molar-refractivity contribution in [2.24, 2.45) is 5.92 Å². The number of pyridine rings is 1. The third-order valence-electron chi connectivity index (χ3n) is 6.35. The molecule has 120 valence electrons. The van der Waals surface area contributed by atoms with Crippen LogP contribution in [0.5, 0.6) is 5.75 Å². The summed E-state index contributed by atoms with van der Waals surface area (Å²) in [5.41, 5.74) is 2.12. The van der Waals surface area contributed by atoms with Crippen molar-refractivity contribution in [3.8, 4) is 5.75 Å². The largest absolute Gasteiger partial charge is 0.508 e. The first-order valence-corrected chi connectivity index (χ1v) is 8.70. The van der Waals surface area contributed by atoms with E-state index in [1.54, 1.807) is 6.07 Å². The molecule has 5 saturated heterocycles. The van der Waals surface area contributed by atoms with Gasteiger partial charge in [-0.1, -0.05) is 6.92 Å². The number of aromatic hydroxyl groups is 1. The Kier molecular flexibility index (Phi) is 2.80. The number of phenols is 1. The van der Waals surface area contributed by atoms with Crippen LogP contribution >= 0.6 is 0 Å². The summed E-state index contributed by atoms with van der Waals surface area (Å²) in [6, 6.07) is 7.96. The van der Waals surface area contributed by atoms with Gasteiger partial charge in [0.25, 0.3) is 0 Å². The zero-order valence-electron chi connectivity index (χ0n) is 13.4. The van der Waals surface area contributed by atoms with Gasteiger partial charge < -0.3 is 9.84 Å². The van der Waals surface area contributed by atoms with E-state index in [0.717, 1.165) is 23.9 Å². The molecule has 4 nitrogen and oxygen atoms in total. The van der Waals surface area contributed by atoms with Gasteiger partial charge in [-0.25, -0.2) is 0 Å². The molecule has 6 heterocycles. The molecule has 0 amide bonds. The van der Waals surface area contributed by atoms with Crippen molar-refractivity contribution < 1.29 is 9.84 Å². The molecule has 5 atom stereocenters. The van der Waals surface area contributed by atoms with Gasteiger partial charge in [0.1, 0.15) is 5.75 Å². The molecule has 7 rings (SSSR count). The summed E-state index contributed by atoms with van der Waals surface area (Å²) in [5.74, 6) is 1.00. The van der Waals surface area contributed by atoms with Crippen LogP contribution in [0.15, 0.2) is 30.5 Å². The van der Waals surface area contributed by atoms with Gasteiger partial charge in [0, 0.05) is 24.2 Å². The van der Waals surface area contributed by atoms with Crippen LogP contribution in [0.1, 0.15) is 37.9 Å². The molecule has 0 spiro atoms. The lowest BCUT2D eigenvalue weighted by atomic mass is 9.66. The number of piperidine rings is 3. The molecular weight excluding hydrogens is 288 g/mol. The lowest BCUT2D eigenvalue weighted by Gasteiger charge is -2.64. The van der Waals surface area contributed by atoms with Crippen molar-refractivity contribution in [1.82, 2.24) is 9.88 Å². The number of benzene rings is 1. The third kappa shape index (κ3) is 1.82. The van der Waals surface area contributed by atoms with E-state index in [9.17, 15) is 5.11 Å². The Morgan fingerprint density at radius 2 is 2.30 bits per heavy atom. The van der Waals surface area contributed by atoms with Crippen LogP contribution in [0.25, 0.3) is 10.9 Å². The minimum atomic E-state index is 0.0179. The minimum absolute atomic E-state index is 0.0179. The number of ether oxygens (including phenoxy) is 1. The molecular formula is C19H22N2O2. The van der Waals surface area contributed by atoms with Gasteiger partial charge in [0.05, 0.1) is 17.2 Å². The summed E-state index contributed by atoms with van der Waals surface area (Å²) in [7, 11) is 0. The van der Waals surface area contributed by atoms with Gasteiger partial charge in [0.15, 0.2) is 0 Å². The van der Waals surface area contributed by atoms with Gasteiger partial charge in [0.2, 0.25) is 0 Å².